The molecule has 168 valence electrons. The molecule has 1 aliphatic heterocycles. The molecule has 8 nitrogen and oxygen atoms in total. The van der Waals surface area contributed by atoms with Crippen LogP contribution in [-0.4, -0.2) is 37.7 Å². The standard InChI is InChI=1S/C12H17NO2.C8H14N2O3S2/c1-12(2,3)11(13)8-4-5-9-10(6-8)15-7-14-9;1-3-10(4-2)15(12,13)8-7(11)6(9)5-14-8/h4-6,11H,7,13H2,1-3H3;5,11H,3-4,9H2,1-2H3/t11-;/m0./s1. The van der Waals surface area contributed by atoms with Crippen molar-refractivity contribution in [2.45, 2.75) is 44.9 Å². The van der Waals surface area contributed by atoms with E-state index in [0.29, 0.717) is 19.9 Å². The predicted molar refractivity (Wildman–Crippen MR) is 119 cm³/mol. The van der Waals surface area contributed by atoms with Crippen LogP contribution in [0.25, 0.3) is 0 Å². The molecule has 10 heteroatoms. The Hall–Kier alpha value is -2.01. The Labute approximate surface area is 182 Å². The Kier molecular flexibility index (Phi) is 7.62. The molecular formula is C20H31N3O5S2. The summed E-state index contributed by atoms with van der Waals surface area (Å²) in [6, 6.07) is 5.90. The van der Waals surface area contributed by atoms with Crippen LogP contribution >= 0.6 is 11.3 Å². The molecule has 0 spiro atoms. The fourth-order valence-electron chi connectivity index (χ4n) is 2.82. The van der Waals surface area contributed by atoms with Crippen LogP contribution in [0.15, 0.2) is 27.8 Å². The van der Waals surface area contributed by atoms with Gasteiger partial charge in [0.25, 0.3) is 10.0 Å². The molecule has 0 bridgehead atoms. The SMILES string of the molecule is CC(C)(C)[C@@H](N)c1ccc2c(c1)OCO2.CCN(CC)S(=O)(=O)c1scc(N)c1O. The van der Waals surface area contributed by atoms with E-state index in [1.54, 1.807) is 13.8 Å². The van der Waals surface area contributed by atoms with Crippen LogP contribution in [0.2, 0.25) is 0 Å². The van der Waals surface area contributed by atoms with Crippen molar-refractivity contribution < 1.29 is 23.0 Å². The second-order valence-corrected chi connectivity index (χ2v) is 10.9. The summed E-state index contributed by atoms with van der Waals surface area (Å²) in [5, 5.41) is 10.9. The fraction of sp³-hybridized carbons (Fsp3) is 0.500. The van der Waals surface area contributed by atoms with Gasteiger partial charge in [-0.25, -0.2) is 8.42 Å². The summed E-state index contributed by atoms with van der Waals surface area (Å²) in [6.07, 6.45) is 0. The molecule has 1 aromatic carbocycles. The van der Waals surface area contributed by atoms with Gasteiger partial charge >= 0.3 is 0 Å². The largest absolute Gasteiger partial charge is 0.504 e. The predicted octanol–water partition coefficient (Wildman–Crippen LogP) is 3.53. The van der Waals surface area contributed by atoms with Crippen molar-refractivity contribution >= 4 is 27.0 Å². The lowest BCUT2D eigenvalue weighted by atomic mass is 9.83. The molecule has 1 aliphatic rings. The number of thiophene rings is 1. The molecule has 0 saturated carbocycles. The molecule has 0 unspecified atom stereocenters. The maximum atomic E-state index is 11.9. The highest BCUT2D eigenvalue weighted by Gasteiger charge is 2.28. The van der Waals surface area contributed by atoms with Gasteiger partial charge in [0.2, 0.25) is 6.79 Å². The van der Waals surface area contributed by atoms with E-state index in [1.807, 2.05) is 18.2 Å². The summed E-state index contributed by atoms with van der Waals surface area (Å²) in [5.41, 5.74) is 12.8. The van der Waals surface area contributed by atoms with Crippen molar-refractivity contribution in [3.63, 3.8) is 0 Å². The van der Waals surface area contributed by atoms with Gasteiger partial charge < -0.3 is 26.0 Å². The van der Waals surface area contributed by atoms with Gasteiger partial charge in [0, 0.05) is 24.5 Å². The number of anilines is 1. The third-order valence-corrected chi connectivity index (χ3v) is 8.29. The van der Waals surface area contributed by atoms with E-state index in [-0.39, 0.29) is 27.1 Å². The van der Waals surface area contributed by atoms with Crippen molar-refractivity contribution in [1.82, 2.24) is 4.31 Å². The number of hydrogen-bond donors (Lipinski definition) is 3. The van der Waals surface area contributed by atoms with Gasteiger partial charge in [0.05, 0.1) is 5.69 Å². The summed E-state index contributed by atoms with van der Waals surface area (Å²) in [7, 11) is -3.59. The van der Waals surface area contributed by atoms with Gasteiger partial charge in [-0.05, 0) is 23.1 Å². The Balaban J connectivity index is 0.000000214. The highest BCUT2D eigenvalue weighted by molar-refractivity contribution is 7.91. The van der Waals surface area contributed by atoms with Crippen molar-refractivity contribution in [1.29, 1.82) is 0 Å². The minimum Gasteiger partial charge on any atom is -0.504 e. The summed E-state index contributed by atoms with van der Waals surface area (Å²) in [5.74, 6) is 1.26. The molecule has 1 aromatic heterocycles. The molecule has 0 amide bonds. The monoisotopic (exact) mass is 457 g/mol. The number of ether oxygens (including phenoxy) is 2. The first-order valence-corrected chi connectivity index (χ1v) is 12.0. The Morgan fingerprint density at radius 3 is 2.30 bits per heavy atom. The fourth-order valence-corrected chi connectivity index (χ4v) is 5.62. The van der Waals surface area contributed by atoms with Gasteiger partial charge in [-0.2, -0.15) is 4.31 Å². The molecule has 5 N–H and O–H groups in total. The van der Waals surface area contributed by atoms with Gasteiger partial charge in [-0.3, -0.25) is 0 Å². The summed E-state index contributed by atoms with van der Waals surface area (Å²) >= 11 is 0.938. The van der Waals surface area contributed by atoms with E-state index < -0.39 is 10.0 Å². The number of hydrogen-bond acceptors (Lipinski definition) is 8. The molecule has 3 rings (SSSR count). The summed E-state index contributed by atoms with van der Waals surface area (Å²) in [6.45, 7) is 10.9. The molecule has 2 heterocycles. The van der Waals surface area contributed by atoms with Crippen molar-refractivity contribution in [3.05, 3.63) is 29.1 Å². The van der Waals surface area contributed by atoms with Gasteiger partial charge in [-0.1, -0.05) is 40.7 Å². The molecule has 0 saturated heterocycles. The molecule has 30 heavy (non-hydrogen) atoms. The maximum absolute atomic E-state index is 11.9. The van der Waals surface area contributed by atoms with Gasteiger partial charge in [0.1, 0.15) is 0 Å². The van der Waals surface area contributed by atoms with E-state index in [2.05, 4.69) is 20.8 Å². The summed E-state index contributed by atoms with van der Waals surface area (Å²) in [4.78, 5) is 0. The minimum absolute atomic E-state index is 0.00648. The third kappa shape index (κ3) is 5.18. The number of nitrogen functional groups attached to an aromatic ring is 1. The first-order chi connectivity index (χ1) is 13.9. The zero-order chi connectivity index (χ0) is 22.7. The van der Waals surface area contributed by atoms with Crippen LogP contribution in [0.4, 0.5) is 5.69 Å². The Morgan fingerprint density at radius 1 is 1.20 bits per heavy atom. The van der Waals surface area contributed by atoms with Crippen LogP contribution in [0.3, 0.4) is 0 Å². The van der Waals surface area contributed by atoms with E-state index in [9.17, 15) is 13.5 Å². The number of nitrogens with two attached hydrogens (primary N) is 2. The number of fused-ring (bicyclic) bond motifs is 1. The summed E-state index contributed by atoms with van der Waals surface area (Å²) < 4.78 is 35.7. The van der Waals surface area contributed by atoms with E-state index in [0.717, 1.165) is 28.4 Å². The van der Waals surface area contributed by atoms with Crippen LogP contribution < -0.4 is 20.9 Å². The second kappa shape index (κ2) is 9.42. The van der Waals surface area contributed by atoms with Crippen LogP contribution in [0, 0.1) is 5.41 Å². The van der Waals surface area contributed by atoms with Crippen molar-refractivity contribution in [2.24, 2.45) is 11.1 Å². The van der Waals surface area contributed by atoms with Gasteiger partial charge in [-0.15, -0.1) is 11.3 Å². The average molecular weight is 458 g/mol. The Morgan fingerprint density at radius 2 is 1.80 bits per heavy atom. The molecule has 2 aromatic rings. The Bertz CT molecular complexity index is 963. The molecule has 0 radical (unpaired) electrons. The van der Waals surface area contributed by atoms with E-state index in [1.165, 1.54) is 9.69 Å². The number of aromatic hydroxyl groups is 1. The lowest BCUT2D eigenvalue weighted by Crippen LogP contribution is -2.30. The van der Waals surface area contributed by atoms with E-state index >= 15 is 0 Å². The first-order valence-electron chi connectivity index (χ1n) is 9.64. The molecule has 0 fully saturated rings. The van der Waals surface area contributed by atoms with Crippen LogP contribution in [-0.2, 0) is 10.0 Å². The molecular weight excluding hydrogens is 426 g/mol. The van der Waals surface area contributed by atoms with Crippen molar-refractivity contribution in [2.75, 3.05) is 25.6 Å². The lowest BCUT2D eigenvalue weighted by Gasteiger charge is -2.27. The number of sulfonamides is 1. The first kappa shape index (κ1) is 24.3. The molecule has 0 aliphatic carbocycles. The molecule has 1 atom stereocenters. The maximum Gasteiger partial charge on any atom is 0.256 e. The van der Waals surface area contributed by atoms with E-state index in [4.69, 9.17) is 20.9 Å². The van der Waals surface area contributed by atoms with Crippen LogP contribution in [0.5, 0.6) is 17.2 Å². The number of nitrogens with zero attached hydrogens (tertiary/aromatic N) is 1. The number of rotatable bonds is 5. The normalized spacial score (nSPS) is 14.4. The highest BCUT2D eigenvalue weighted by atomic mass is 32.2. The zero-order valence-electron chi connectivity index (χ0n) is 18.0. The third-order valence-electron chi connectivity index (χ3n) is 4.73. The minimum atomic E-state index is -3.59. The lowest BCUT2D eigenvalue weighted by molar-refractivity contribution is 0.174. The smallest absolute Gasteiger partial charge is 0.256 e. The highest BCUT2D eigenvalue weighted by Crippen LogP contribution is 2.38. The number of benzene rings is 1. The topological polar surface area (TPSA) is 128 Å². The quantitative estimate of drug-likeness (QED) is 0.626. The second-order valence-electron chi connectivity index (χ2n) is 7.87. The zero-order valence-corrected chi connectivity index (χ0v) is 19.6. The van der Waals surface area contributed by atoms with Crippen molar-refractivity contribution in [3.8, 4) is 17.2 Å². The van der Waals surface area contributed by atoms with Gasteiger partial charge in [0.15, 0.2) is 21.5 Å². The van der Waals surface area contributed by atoms with Crippen LogP contribution in [0.1, 0.15) is 46.2 Å². The average Bonchev–Trinajstić information content (AvgIpc) is 3.28.